The van der Waals surface area contributed by atoms with Gasteiger partial charge in [-0.2, -0.15) is 13.2 Å². The molecule has 21 heavy (non-hydrogen) atoms. The summed E-state index contributed by atoms with van der Waals surface area (Å²) < 4.78 is 44.8. The minimum atomic E-state index is -4.60. The zero-order valence-electron chi connectivity index (χ0n) is 12.8. The molecule has 0 atom stereocenters. The molecule has 1 aliphatic rings. The summed E-state index contributed by atoms with van der Waals surface area (Å²) in [5, 5.41) is 0. The van der Waals surface area contributed by atoms with Crippen molar-refractivity contribution >= 4 is 0 Å². The molecule has 6 heteroatoms. The van der Waals surface area contributed by atoms with Gasteiger partial charge in [0.25, 0.3) is 5.56 Å². The molecule has 3 nitrogen and oxygen atoms in total. The van der Waals surface area contributed by atoms with Crippen LogP contribution in [-0.4, -0.2) is 17.8 Å². The maximum absolute atomic E-state index is 12.8. The maximum atomic E-state index is 12.8. The van der Waals surface area contributed by atoms with Crippen LogP contribution in [0.15, 0.2) is 17.1 Å². The number of alkyl halides is 3. The van der Waals surface area contributed by atoms with E-state index in [1.165, 1.54) is 10.8 Å². The van der Waals surface area contributed by atoms with Crippen LogP contribution in [0.5, 0.6) is 0 Å². The molecule has 1 saturated carbocycles. The summed E-state index contributed by atoms with van der Waals surface area (Å²) in [6.07, 6.45) is -1.40. The second kappa shape index (κ2) is 7.11. The predicted molar refractivity (Wildman–Crippen MR) is 75.5 cm³/mol. The quantitative estimate of drug-likeness (QED) is 0.850. The monoisotopic (exact) mass is 305 g/mol. The average molecular weight is 305 g/mol. The first-order valence-corrected chi connectivity index (χ1v) is 7.21. The van der Waals surface area contributed by atoms with E-state index in [9.17, 15) is 18.0 Å². The first kappa shape index (κ1) is 17.8. The lowest BCUT2D eigenvalue weighted by molar-refractivity contribution is -0.139. The van der Waals surface area contributed by atoms with E-state index >= 15 is 0 Å². The fraction of sp³-hybridized carbons (Fsp3) is 0.667. The number of pyridine rings is 1. The molecule has 0 aromatic carbocycles. The summed E-state index contributed by atoms with van der Waals surface area (Å²) in [5.74, 6) is 0. The molecule has 0 bridgehead atoms. The Hall–Kier alpha value is -1.30. The number of aryl methyl sites for hydroxylation is 1. The van der Waals surface area contributed by atoms with Crippen molar-refractivity contribution in [1.82, 2.24) is 4.57 Å². The number of rotatable bonds is 3. The Morgan fingerprint density at radius 3 is 2.33 bits per heavy atom. The average Bonchev–Trinajstić information content (AvgIpc) is 2.40. The fourth-order valence-corrected chi connectivity index (χ4v) is 2.29. The van der Waals surface area contributed by atoms with Gasteiger partial charge in [-0.25, -0.2) is 0 Å². The summed E-state index contributed by atoms with van der Waals surface area (Å²) in [7, 11) is 1.56. The van der Waals surface area contributed by atoms with Gasteiger partial charge in [0.15, 0.2) is 0 Å². The molecule has 0 amide bonds. The minimum absolute atomic E-state index is 0.0384. The predicted octanol–water partition coefficient (Wildman–Crippen LogP) is 3.81. The summed E-state index contributed by atoms with van der Waals surface area (Å²) in [5.41, 5.74) is -1.51. The molecule has 120 valence electrons. The minimum Gasteiger partial charge on any atom is -0.381 e. The van der Waals surface area contributed by atoms with E-state index in [1.54, 1.807) is 14.0 Å². The molecule has 1 fully saturated rings. The highest BCUT2D eigenvalue weighted by Crippen LogP contribution is 2.34. The van der Waals surface area contributed by atoms with E-state index in [4.69, 9.17) is 4.74 Å². The molecule has 0 saturated heterocycles. The molecule has 2 rings (SSSR count). The van der Waals surface area contributed by atoms with Crippen molar-refractivity contribution < 1.29 is 17.9 Å². The van der Waals surface area contributed by atoms with Crippen LogP contribution in [0.4, 0.5) is 13.2 Å². The van der Waals surface area contributed by atoms with Crippen molar-refractivity contribution in [3.8, 4) is 0 Å². The van der Waals surface area contributed by atoms with Crippen molar-refractivity contribution in [3.63, 3.8) is 0 Å². The highest BCUT2D eigenvalue weighted by molar-refractivity contribution is 5.22. The zero-order valence-corrected chi connectivity index (χ0v) is 12.8. The Balaban J connectivity index is 0.00000106. The molecule has 0 N–H and O–H groups in total. The van der Waals surface area contributed by atoms with Crippen LogP contribution in [0.1, 0.15) is 50.8 Å². The zero-order chi connectivity index (χ0) is 16.2. The largest absolute Gasteiger partial charge is 0.421 e. The fourth-order valence-electron chi connectivity index (χ4n) is 2.29. The second-order valence-corrected chi connectivity index (χ2v) is 4.81. The Bertz CT molecular complexity index is 517. The smallest absolute Gasteiger partial charge is 0.381 e. The third-order valence-corrected chi connectivity index (χ3v) is 3.61. The van der Waals surface area contributed by atoms with Crippen molar-refractivity contribution in [1.29, 1.82) is 0 Å². The molecule has 0 radical (unpaired) electrons. The van der Waals surface area contributed by atoms with Gasteiger partial charge in [-0.3, -0.25) is 4.79 Å². The summed E-state index contributed by atoms with van der Waals surface area (Å²) in [6.45, 7) is 5.77. The van der Waals surface area contributed by atoms with Gasteiger partial charge in [0.05, 0.1) is 6.10 Å². The SMILES string of the molecule is CC.CCc1cc(C(F)(F)F)c(=O)n(C2CC(OC)C2)c1. The lowest BCUT2D eigenvalue weighted by atomic mass is 9.88. The van der Waals surface area contributed by atoms with Crippen LogP contribution in [0, 0.1) is 0 Å². The van der Waals surface area contributed by atoms with Crippen molar-refractivity contribution in [3.05, 3.63) is 33.7 Å². The first-order chi connectivity index (χ1) is 9.86. The Labute approximate surface area is 122 Å². The van der Waals surface area contributed by atoms with Gasteiger partial charge in [-0.05, 0) is 30.9 Å². The van der Waals surface area contributed by atoms with E-state index in [1.807, 2.05) is 13.8 Å². The standard InChI is InChI=1S/C13H16F3NO2.C2H6/c1-3-8-4-11(13(14,15)16)12(18)17(7-8)9-5-10(6-9)19-2;1-2/h4,7,9-10H,3,5-6H2,1-2H3;1-2H3. The van der Waals surface area contributed by atoms with Gasteiger partial charge < -0.3 is 9.30 Å². The van der Waals surface area contributed by atoms with Crippen LogP contribution in [-0.2, 0) is 17.3 Å². The van der Waals surface area contributed by atoms with Gasteiger partial charge in [0.2, 0.25) is 0 Å². The first-order valence-electron chi connectivity index (χ1n) is 7.21. The normalized spacial score (nSPS) is 21.3. The number of methoxy groups -OCH3 is 1. The number of halogens is 3. The molecule has 0 aliphatic heterocycles. The third-order valence-electron chi connectivity index (χ3n) is 3.61. The summed E-state index contributed by atoms with van der Waals surface area (Å²) in [4.78, 5) is 11.9. The lowest BCUT2D eigenvalue weighted by Crippen LogP contribution is -2.39. The molecular weight excluding hydrogens is 283 g/mol. The Kier molecular flexibility index (Phi) is 6.01. The molecule has 0 spiro atoms. The number of nitrogens with zero attached hydrogens (tertiary/aromatic N) is 1. The second-order valence-electron chi connectivity index (χ2n) is 4.81. The van der Waals surface area contributed by atoms with Crippen LogP contribution in [0.2, 0.25) is 0 Å². The van der Waals surface area contributed by atoms with Gasteiger partial charge in [0.1, 0.15) is 5.56 Å². The van der Waals surface area contributed by atoms with E-state index in [-0.39, 0.29) is 12.1 Å². The summed E-state index contributed by atoms with van der Waals surface area (Å²) >= 11 is 0. The molecular formula is C15H22F3NO2. The van der Waals surface area contributed by atoms with E-state index < -0.39 is 17.3 Å². The van der Waals surface area contributed by atoms with E-state index in [0.29, 0.717) is 24.8 Å². The maximum Gasteiger partial charge on any atom is 0.421 e. The molecule has 1 aromatic heterocycles. The lowest BCUT2D eigenvalue weighted by Gasteiger charge is -2.35. The summed E-state index contributed by atoms with van der Waals surface area (Å²) in [6, 6.07) is 0.760. The molecule has 1 heterocycles. The van der Waals surface area contributed by atoms with E-state index in [0.717, 1.165) is 6.07 Å². The van der Waals surface area contributed by atoms with Gasteiger partial charge in [0, 0.05) is 19.3 Å². The number of aromatic nitrogens is 1. The van der Waals surface area contributed by atoms with Crippen LogP contribution in [0.25, 0.3) is 0 Å². The van der Waals surface area contributed by atoms with Crippen molar-refractivity contribution in [2.24, 2.45) is 0 Å². The van der Waals surface area contributed by atoms with Crippen LogP contribution >= 0.6 is 0 Å². The highest BCUT2D eigenvalue weighted by Gasteiger charge is 2.37. The van der Waals surface area contributed by atoms with Gasteiger partial charge >= 0.3 is 6.18 Å². The Morgan fingerprint density at radius 1 is 1.33 bits per heavy atom. The molecule has 1 aliphatic carbocycles. The van der Waals surface area contributed by atoms with Crippen LogP contribution < -0.4 is 5.56 Å². The van der Waals surface area contributed by atoms with E-state index in [2.05, 4.69) is 0 Å². The number of hydrogen-bond acceptors (Lipinski definition) is 2. The highest BCUT2D eigenvalue weighted by atomic mass is 19.4. The third kappa shape index (κ3) is 3.87. The van der Waals surface area contributed by atoms with Crippen LogP contribution in [0.3, 0.4) is 0 Å². The molecule has 1 aromatic rings. The van der Waals surface area contributed by atoms with Crippen molar-refractivity contribution in [2.75, 3.05) is 7.11 Å². The number of hydrogen-bond donors (Lipinski definition) is 0. The molecule has 0 unspecified atom stereocenters. The van der Waals surface area contributed by atoms with Gasteiger partial charge in [-0.15, -0.1) is 0 Å². The number of ether oxygens (including phenoxy) is 1. The van der Waals surface area contributed by atoms with Gasteiger partial charge in [-0.1, -0.05) is 20.8 Å². The Morgan fingerprint density at radius 2 is 1.90 bits per heavy atom. The van der Waals surface area contributed by atoms with Crippen molar-refractivity contribution in [2.45, 2.75) is 58.4 Å². The topological polar surface area (TPSA) is 31.2 Å².